The van der Waals surface area contributed by atoms with Crippen molar-refractivity contribution in [2.24, 2.45) is 17.8 Å². The minimum Gasteiger partial charge on any atom is -0.481 e. The zero-order valence-corrected chi connectivity index (χ0v) is 66.1. The summed E-state index contributed by atoms with van der Waals surface area (Å²) in [5.41, 5.74) is 23.6. The van der Waals surface area contributed by atoms with E-state index in [4.69, 9.17) is 63.4 Å². The Hall–Kier alpha value is -12.9. The number of anilines is 8. The smallest absolute Gasteiger partial charge is 0.373 e. The number of hydrogen-bond donors (Lipinski definition) is 6. The van der Waals surface area contributed by atoms with Gasteiger partial charge in [-0.1, -0.05) is 22.9 Å². The van der Waals surface area contributed by atoms with E-state index >= 15 is 0 Å². The lowest BCUT2D eigenvalue weighted by Crippen LogP contribution is -2.50. The van der Waals surface area contributed by atoms with Gasteiger partial charge >= 0.3 is 29.8 Å². The minimum absolute atomic E-state index is 0.00348. The molecule has 15 heterocycles. The number of likely N-dealkylation sites (tertiary alicyclic amines) is 1. The quantitative estimate of drug-likeness (QED) is 0.0357. The Bertz CT molecular complexity index is 5540. The van der Waals surface area contributed by atoms with Crippen LogP contribution in [0, 0.1) is 52.7 Å². The van der Waals surface area contributed by atoms with Gasteiger partial charge in [0.2, 0.25) is 0 Å². The number of nitrogens with two attached hydrogens (primary N) is 4. The van der Waals surface area contributed by atoms with E-state index in [1.165, 1.54) is 57.0 Å². The number of aromatic nitrogens is 15. The number of carbonyl (C=O) groups is 6. The number of carboxylic acid groups (broad SMARTS) is 1. The molecule has 0 spiro atoms. The van der Waals surface area contributed by atoms with Gasteiger partial charge in [0.15, 0.2) is 80.6 Å². The van der Waals surface area contributed by atoms with Crippen molar-refractivity contribution in [3.05, 3.63) is 149 Å². The van der Waals surface area contributed by atoms with Crippen LogP contribution in [0.5, 0.6) is 5.75 Å². The van der Waals surface area contributed by atoms with Gasteiger partial charge in [0.05, 0.1) is 128 Å². The zero-order valence-electron chi connectivity index (χ0n) is 65.3. The summed E-state index contributed by atoms with van der Waals surface area (Å²) >= 11 is 5.91. The number of nitrogens with zero attached hydrogens (tertiary/aromatic N) is 19. The minimum atomic E-state index is -0.962. The van der Waals surface area contributed by atoms with Crippen LogP contribution in [0.3, 0.4) is 0 Å². The molecule has 5 aliphatic rings. The highest BCUT2D eigenvalue weighted by Gasteiger charge is 2.36. The highest BCUT2D eigenvalue weighted by Crippen LogP contribution is 2.38. The highest BCUT2D eigenvalue weighted by molar-refractivity contribution is 6.31. The number of hydrogen-bond acceptors (Lipinski definition) is 30. The number of benzene rings is 1. The number of amides is 1. The summed E-state index contributed by atoms with van der Waals surface area (Å²) in [6.07, 6.45) is 20.1. The Labute approximate surface area is 679 Å². The molecule has 43 heteroatoms. The molecule has 0 bridgehead atoms. The first kappa shape index (κ1) is 85.5. The SMILES string of the molecule is C1CCN(C2COC2)CC1.CC(C)(C)OC(=O)C1CCN(c2c(F)cncc2NC(=O)c2c(N)nn3cc(F)cnc23)CC1.CC(C)(C)OC(=O)C1CCN(c2c(N)cncc2F)CC1.Nc1nn2cc(F)cnc2c1C(=O)Oc1cncc(F)c1N1CCC(C(=O)O)CC1.Nc1nn2cc(F)cnc2c1C(=O)On1nnc2ccc(Cl)cc21. The van der Waals surface area contributed by atoms with Crippen LogP contribution in [0.2, 0.25) is 5.02 Å². The van der Waals surface area contributed by atoms with Crippen molar-refractivity contribution in [2.75, 3.05) is 109 Å². The van der Waals surface area contributed by atoms with E-state index in [-0.39, 0.29) is 111 Å². The molecule has 0 saturated carbocycles. The number of halogens is 7. The Morgan fingerprint density at radius 1 is 0.538 bits per heavy atom. The highest BCUT2D eigenvalue weighted by atomic mass is 35.5. The van der Waals surface area contributed by atoms with Gasteiger partial charge in [0.25, 0.3) is 5.91 Å². The van der Waals surface area contributed by atoms with Crippen molar-refractivity contribution >= 4 is 121 Å². The standard InChI is InChI=1S/C22H25F2N7O3.C18H16F2N6O4.C15H22FN3O2.C13H7ClFN7O2.C8H15NO/c1-22(2,3)34-21(33)12-4-6-30(7-5-12)17-14(24)9-26-10-15(17)28-20(32)16-18(25)29-31-11-13(23)8-27-19(16)31;19-10-5-23-16-13(15(21)24-26(16)8-10)18(29)30-12-7-22-6-11(20)14(12)25-3-1-9(2-4-25)17(27)28;1-15(2,3)21-14(20)10-4-6-19(7-5-10)13-11(16)8-18-9-12(13)17;14-6-1-2-8-9(3-6)22(20-18-8)24-13(23)10-11(16)19-21-5-7(15)4-17-12(10)21;1-2-4-9(5-3-1)8-6-10-7-8/h8-12H,4-7H2,1-3H3,(H2,25,29)(H,28,32);5-9H,1-4H2,(H2,21,24)(H,27,28);8-10H,4-7,17H2,1-3H3;1-5H,(H2,16,19);8H,1-7H2. The number of fused-ring (bicyclic) bond motifs is 4. The number of piperidine rings is 4. The molecule has 0 radical (unpaired) electrons. The number of rotatable bonds is 13. The molecule has 11 aromatic rings. The van der Waals surface area contributed by atoms with Gasteiger partial charge in [0.1, 0.15) is 44.7 Å². The van der Waals surface area contributed by atoms with Crippen LogP contribution in [0.1, 0.15) is 130 Å². The van der Waals surface area contributed by atoms with Crippen molar-refractivity contribution < 1.29 is 84.0 Å². The van der Waals surface area contributed by atoms with Crippen molar-refractivity contribution in [3.63, 3.8) is 0 Å². The van der Waals surface area contributed by atoms with Crippen LogP contribution in [-0.4, -0.2) is 202 Å². The fraction of sp³-hybridized carbons (Fsp3) is 0.408. The lowest BCUT2D eigenvalue weighted by molar-refractivity contribution is -0.161. The van der Waals surface area contributed by atoms with Gasteiger partial charge in [-0.05, 0) is 129 Å². The van der Waals surface area contributed by atoms with E-state index in [1.807, 2.05) is 46.4 Å². The Kier molecular flexibility index (Phi) is 26.4. The first-order chi connectivity index (χ1) is 56.6. The Morgan fingerprint density at radius 3 is 1.47 bits per heavy atom. The second-order valence-electron chi connectivity index (χ2n) is 30.2. The molecule has 5 fully saturated rings. The van der Waals surface area contributed by atoms with Gasteiger partial charge in [0, 0.05) is 44.3 Å². The number of ether oxygens (including phenoxy) is 4. The van der Waals surface area contributed by atoms with Crippen molar-refractivity contribution in [1.29, 1.82) is 0 Å². The average molecular weight is 1680 g/mol. The average Bonchev–Trinajstić information content (AvgIpc) is 1.68. The summed E-state index contributed by atoms with van der Waals surface area (Å²) in [6, 6.07) is 5.58. The van der Waals surface area contributed by atoms with E-state index < -0.39 is 75.8 Å². The molecule has 10 N–H and O–H groups in total. The molecule has 5 aliphatic heterocycles. The first-order valence-electron chi connectivity index (χ1n) is 37.7. The van der Waals surface area contributed by atoms with Gasteiger partial charge in [-0.3, -0.25) is 39.0 Å². The molecule has 0 unspecified atom stereocenters. The monoisotopic (exact) mass is 1670 g/mol. The molecule has 1 aromatic carbocycles. The molecular formula is C76H85ClF6N24O12. The van der Waals surface area contributed by atoms with Crippen molar-refractivity contribution in [2.45, 2.75) is 117 Å². The van der Waals surface area contributed by atoms with Crippen LogP contribution >= 0.6 is 11.6 Å². The van der Waals surface area contributed by atoms with Crippen molar-refractivity contribution in [1.82, 2.24) is 78.8 Å². The maximum absolute atomic E-state index is 14.8. The first-order valence-corrected chi connectivity index (χ1v) is 38.1. The van der Waals surface area contributed by atoms with Crippen LogP contribution in [0.15, 0.2) is 92.6 Å². The number of nitrogen functional groups attached to an aromatic ring is 4. The van der Waals surface area contributed by atoms with Gasteiger partial charge in [-0.25, -0.2) is 64.4 Å². The summed E-state index contributed by atoms with van der Waals surface area (Å²) in [7, 11) is 0. The number of aliphatic carboxylic acids is 1. The molecule has 5 saturated heterocycles. The number of nitrogens with one attached hydrogen (secondary N) is 1. The lowest BCUT2D eigenvalue weighted by Gasteiger charge is -2.39. The van der Waals surface area contributed by atoms with Gasteiger partial charge < -0.3 is 71.8 Å². The van der Waals surface area contributed by atoms with Crippen LogP contribution in [0.4, 0.5) is 72.2 Å². The molecule has 119 heavy (non-hydrogen) atoms. The van der Waals surface area contributed by atoms with Crippen LogP contribution in [-0.2, 0) is 28.6 Å². The summed E-state index contributed by atoms with van der Waals surface area (Å²) in [5, 5.41) is 31.3. The van der Waals surface area contributed by atoms with E-state index in [2.05, 4.69) is 65.7 Å². The molecule has 0 atom stereocenters. The second-order valence-corrected chi connectivity index (χ2v) is 30.7. The molecule has 0 aliphatic carbocycles. The van der Waals surface area contributed by atoms with Crippen LogP contribution < -0.4 is 52.5 Å². The number of esters is 3. The van der Waals surface area contributed by atoms with E-state index in [1.54, 1.807) is 21.9 Å². The number of pyridine rings is 3. The fourth-order valence-electron chi connectivity index (χ4n) is 13.7. The normalized spacial score (nSPS) is 15.8. The topological polar surface area (TPSA) is 458 Å². The summed E-state index contributed by atoms with van der Waals surface area (Å²) in [6.45, 7) is 18.0. The van der Waals surface area contributed by atoms with Crippen LogP contribution in [0.25, 0.3) is 28.0 Å². The summed E-state index contributed by atoms with van der Waals surface area (Å²) < 4.78 is 108. The zero-order chi connectivity index (χ0) is 85.3. The van der Waals surface area contributed by atoms with Gasteiger partial charge in [-0.15, -0.1) is 20.4 Å². The lowest BCUT2D eigenvalue weighted by atomic mass is 9.96. The maximum atomic E-state index is 14.8. The largest absolute Gasteiger partial charge is 0.481 e. The van der Waals surface area contributed by atoms with E-state index in [9.17, 15) is 55.1 Å². The molecular weight excluding hydrogens is 1590 g/mol. The number of carboxylic acids is 1. The summed E-state index contributed by atoms with van der Waals surface area (Å²) in [4.78, 5) is 110. The Balaban J connectivity index is 0.000000142. The number of carbonyl (C=O) groups excluding carboxylic acids is 5. The fourth-order valence-corrected chi connectivity index (χ4v) is 13.9. The molecule has 10 aromatic heterocycles. The molecule has 36 nitrogen and oxygen atoms in total. The summed E-state index contributed by atoms with van der Waals surface area (Å²) in [5.74, 6) is -9.21. The third-order valence-corrected chi connectivity index (χ3v) is 19.7. The predicted octanol–water partition coefficient (Wildman–Crippen LogP) is 8.65. The van der Waals surface area contributed by atoms with Crippen molar-refractivity contribution in [3.8, 4) is 5.75 Å². The van der Waals surface area contributed by atoms with E-state index in [0.717, 1.165) is 93.4 Å². The predicted molar refractivity (Wildman–Crippen MR) is 420 cm³/mol. The van der Waals surface area contributed by atoms with E-state index in [0.29, 0.717) is 92.1 Å². The second kappa shape index (κ2) is 36.8. The molecule has 1 amide bonds. The Morgan fingerprint density at radius 2 is 0.983 bits per heavy atom. The third-order valence-electron chi connectivity index (χ3n) is 19.4. The maximum Gasteiger partial charge on any atom is 0.373 e. The third kappa shape index (κ3) is 20.8. The molecule has 16 rings (SSSR count). The molecule has 630 valence electrons. The van der Waals surface area contributed by atoms with Gasteiger partial charge in [-0.2, -0.15) is 0 Å².